The van der Waals surface area contributed by atoms with Gasteiger partial charge in [-0.2, -0.15) is 0 Å². The maximum Gasteiger partial charge on any atom is 0.271 e. The average Bonchev–Trinajstić information content (AvgIpc) is 3.26. The van der Waals surface area contributed by atoms with Crippen LogP contribution in [0.2, 0.25) is 0 Å². The van der Waals surface area contributed by atoms with Crippen molar-refractivity contribution in [3.05, 3.63) is 93.5 Å². The zero-order chi connectivity index (χ0) is 26.0. The Morgan fingerprint density at radius 2 is 1.89 bits per heavy atom. The fourth-order valence-corrected chi connectivity index (χ4v) is 4.09. The third-order valence-electron chi connectivity index (χ3n) is 5.95. The molecular weight excluding hydrogens is 463 g/mol. The van der Waals surface area contributed by atoms with Gasteiger partial charge in [-0.1, -0.05) is 18.2 Å². The van der Waals surface area contributed by atoms with Crippen molar-refractivity contribution >= 4 is 33.8 Å². The number of hydrogen-bond donors (Lipinski definition) is 1. The van der Waals surface area contributed by atoms with Crippen molar-refractivity contribution < 1.29 is 23.3 Å². The Balaban J connectivity index is 1.76. The van der Waals surface area contributed by atoms with Crippen LogP contribution in [0.1, 0.15) is 30.5 Å². The molecule has 0 atom stereocenters. The molecule has 0 radical (unpaired) electrons. The molecule has 4 rings (SSSR count). The number of hydrogen-bond acceptors (Lipinski definition) is 5. The number of ether oxygens (including phenoxy) is 1. The Kier molecular flexibility index (Phi) is 6.87. The number of benzene rings is 3. The molecule has 0 fully saturated rings. The molecule has 4 aromatic rings. The third-order valence-corrected chi connectivity index (χ3v) is 5.95. The van der Waals surface area contributed by atoms with Gasteiger partial charge in [0, 0.05) is 40.3 Å². The first-order chi connectivity index (χ1) is 17.2. The predicted octanol–water partition coefficient (Wildman–Crippen LogP) is 7.20. The van der Waals surface area contributed by atoms with Crippen molar-refractivity contribution in [2.24, 2.45) is 0 Å². The number of fused-ring (bicyclic) bond motifs is 1. The first-order valence-corrected chi connectivity index (χ1v) is 11.4. The van der Waals surface area contributed by atoms with Gasteiger partial charge in [-0.15, -0.1) is 0 Å². The summed E-state index contributed by atoms with van der Waals surface area (Å²) in [5.74, 6) is -0.161. The summed E-state index contributed by atoms with van der Waals surface area (Å²) in [7, 11) is 0. The Morgan fingerprint density at radius 1 is 1.17 bits per heavy atom. The monoisotopic (exact) mass is 488 g/mol. The molecule has 0 aliphatic carbocycles. The minimum atomic E-state index is -0.508. The number of nitrogens with zero attached hydrogens (tertiary/aromatic N) is 1. The van der Waals surface area contributed by atoms with Crippen LogP contribution in [0.5, 0.6) is 5.75 Å². The minimum absolute atomic E-state index is 0.107. The number of furan rings is 1. The van der Waals surface area contributed by atoms with E-state index in [1.165, 1.54) is 30.3 Å². The molecular formula is C28H25FN2O5. The normalized spacial score (nSPS) is 11.5. The second-order valence-electron chi connectivity index (χ2n) is 8.42. The van der Waals surface area contributed by atoms with Gasteiger partial charge in [-0.25, -0.2) is 4.39 Å². The maximum absolute atomic E-state index is 13.5. The lowest BCUT2D eigenvalue weighted by atomic mass is 9.96. The van der Waals surface area contributed by atoms with Crippen LogP contribution >= 0.6 is 0 Å². The molecule has 0 spiro atoms. The predicted molar refractivity (Wildman–Crippen MR) is 138 cm³/mol. The number of anilines is 1. The Labute approximate surface area is 207 Å². The molecule has 1 heterocycles. The molecule has 1 N–H and O–H groups in total. The number of allylic oxidation sites excluding steroid dienone is 1. The molecule has 3 aromatic carbocycles. The molecule has 0 aliphatic rings. The van der Waals surface area contributed by atoms with E-state index in [9.17, 15) is 19.3 Å². The molecule has 1 amide bonds. The number of non-ortho nitro benzene ring substituents is 1. The number of carbonyl (C=O) groups excluding carboxylic acids is 1. The molecule has 184 valence electrons. The van der Waals surface area contributed by atoms with Crippen molar-refractivity contribution in [1.29, 1.82) is 0 Å². The summed E-state index contributed by atoms with van der Waals surface area (Å²) < 4.78 is 25.3. The number of aryl methyl sites for hydroxylation is 2. The third kappa shape index (κ3) is 4.84. The van der Waals surface area contributed by atoms with E-state index in [0.717, 1.165) is 22.1 Å². The Bertz CT molecular complexity index is 1500. The number of nitrogens with one attached hydrogen (secondary N) is 1. The van der Waals surface area contributed by atoms with Crippen LogP contribution in [-0.4, -0.2) is 17.4 Å². The van der Waals surface area contributed by atoms with Crippen molar-refractivity contribution in [3.63, 3.8) is 0 Å². The highest BCUT2D eigenvalue weighted by atomic mass is 19.1. The fraction of sp³-hybridized carbons (Fsp3) is 0.179. The van der Waals surface area contributed by atoms with Crippen LogP contribution in [0.3, 0.4) is 0 Å². The zero-order valence-electron chi connectivity index (χ0n) is 20.3. The summed E-state index contributed by atoms with van der Waals surface area (Å²) in [5.41, 5.74) is 5.31. The first-order valence-electron chi connectivity index (χ1n) is 11.4. The quantitative estimate of drug-likeness (QED) is 0.169. The van der Waals surface area contributed by atoms with Gasteiger partial charge in [-0.3, -0.25) is 14.9 Å². The van der Waals surface area contributed by atoms with Crippen LogP contribution in [0.15, 0.2) is 65.3 Å². The first kappa shape index (κ1) is 24.7. The van der Waals surface area contributed by atoms with Gasteiger partial charge in [0.1, 0.15) is 17.1 Å². The van der Waals surface area contributed by atoms with E-state index in [1.54, 1.807) is 38.3 Å². The number of halogens is 1. The average molecular weight is 489 g/mol. The molecule has 8 heteroatoms. The van der Waals surface area contributed by atoms with Crippen LogP contribution in [0, 0.1) is 29.8 Å². The molecule has 1 aromatic heterocycles. The zero-order valence-corrected chi connectivity index (χ0v) is 20.3. The van der Waals surface area contributed by atoms with E-state index in [4.69, 9.17) is 9.15 Å². The van der Waals surface area contributed by atoms with Gasteiger partial charge in [0.15, 0.2) is 0 Å². The van der Waals surface area contributed by atoms with Crippen LogP contribution in [0.4, 0.5) is 15.8 Å². The van der Waals surface area contributed by atoms with E-state index in [-0.39, 0.29) is 11.5 Å². The largest absolute Gasteiger partial charge is 0.493 e. The molecule has 7 nitrogen and oxygen atoms in total. The smallest absolute Gasteiger partial charge is 0.271 e. The van der Waals surface area contributed by atoms with E-state index in [0.29, 0.717) is 40.3 Å². The number of nitro benzene ring substituents is 1. The van der Waals surface area contributed by atoms with Gasteiger partial charge in [0.25, 0.3) is 5.69 Å². The van der Waals surface area contributed by atoms with Crippen LogP contribution in [-0.2, 0) is 4.79 Å². The van der Waals surface area contributed by atoms with Gasteiger partial charge in [0.2, 0.25) is 5.91 Å². The lowest BCUT2D eigenvalue weighted by Gasteiger charge is -2.15. The number of carbonyl (C=O) groups is 1. The molecule has 0 bridgehead atoms. The maximum atomic E-state index is 13.5. The van der Waals surface area contributed by atoms with Crippen molar-refractivity contribution in [1.82, 2.24) is 0 Å². The van der Waals surface area contributed by atoms with Gasteiger partial charge in [-0.05, 0) is 62.6 Å². The summed E-state index contributed by atoms with van der Waals surface area (Å²) >= 11 is 0. The standard InChI is InChI=1S/C28H25FN2O5/c1-5-35-27-18(4)28-23(24(15-36-28)19-7-9-20(29)10-8-19)14-22(27)17(3)12-26(32)30-25-13-21(31(33)34)11-6-16(25)2/h6-15H,5H2,1-4H3,(H,30,32)/b17-12+. The highest BCUT2D eigenvalue weighted by Crippen LogP contribution is 2.40. The van der Waals surface area contributed by atoms with E-state index >= 15 is 0 Å². The fourth-order valence-electron chi connectivity index (χ4n) is 4.09. The number of amides is 1. The second-order valence-corrected chi connectivity index (χ2v) is 8.42. The molecule has 36 heavy (non-hydrogen) atoms. The lowest BCUT2D eigenvalue weighted by Crippen LogP contribution is -2.10. The Morgan fingerprint density at radius 3 is 2.56 bits per heavy atom. The molecule has 0 aliphatic heterocycles. The van der Waals surface area contributed by atoms with Crippen molar-refractivity contribution in [2.75, 3.05) is 11.9 Å². The SMILES string of the molecule is CCOc1c(/C(C)=C/C(=O)Nc2cc([N+](=O)[O-])ccc2C)cc2c(-c3ccc(F)cc3)coc2c1C. The van der Waals surface area contributed by atoms with Crippen LogP contribution in [0.25, 0.3) is 27.7 Å². The summed E-state index contributed by atoms with van der Waals surface area (Å²) in [6, 6.07) is 12.4. The van der Waals surface area contributed by atoms with E-state index < -0.39 is 10.8 Å². The van der Waals surface area contributed by atoms with Crippen molar-refractivity contribution in [3.8, 4) is 16.9 Å². The second kappa shape index (κ2) is 10.0. The van der Waals surface area contributed by atoms with E-state index in [1.807, 2.05) is 19.9 Å². The van der Waals surface area contributed by atoms with Crippen molar-refractivity contribution in [2.45, 2.75) is 27.7 Å². The number of nitro groups is 1. The highest BCUT2D eigenvalue weighted by molar-refractivity contribution is 6.06. The number of rotatable bonds is 7. The van der Waals surface area contributed by atoms with Gasteiger partial charge in [0.05, 0.1) is 23.5 Å². The summed E-state index contributed by atoms with van der Waals surface area (Å²) in [6.45, 7) is 7.72. The highest BCUT2D eigenvalue weighted by Gasteiger charge is 2.19. The summed E-state index contributed by atoms with van der Waals surface area (Å²) in [6.07, 6.45) is 3.06. The Hall–Kier alpha value is -4.46. The summed E-state index contributed by atoms with van der Waals surface area (Å²) in [4.78, 5) is 23.5. The summed E-state index contributed by atoms with van der Waals surface area (Å²) in [5, 5.41) is 14.7. The van der Waals surface area contributed by atoms with Crippen LogP contribution < -0.4 is 10.1 Å². The topological polar surface area (TPSA) is 94.6 Å². The minimum Gasteiger partial charge on any atom is -0.493 e. The molecule has 0 saturated carbocycles. The molecule has 0 unspecified atom stereocenters. The molecule has 0 saturated heterocycles. The van der Waals surface area contributed by atoms with Gasteiger partial charge >= 0.3 is 0 Å². The lowest BCUT2D eigenvalue weighted by molar-refractivity contribution is -0.384. The van der Waals surface area contributed by atoms with Gasteiger partial charge < -0.3 is 14.5 Å². The van der Waals surface area contributed by atoms with E-state index in [2.05, 4.69) is 5.32 Å².